The van der Waals surface area contributed by atoms with Crippen molar-refractivity contribution in [2.24, 2.45) is 5.92 Å². The average molecular weight is 384 g/mol. The van der Waals surface area contributed by atoms with Crippen LogP contribution in [0.5, 0.6) is 11.5 Å². The maximum Gasteiger partial charge on any atom is 0.254 e. The number of anilines is 1. The zero-order valence-corrected chi connectivity index (χ0v) is 17.0. The van der Waals surface area contributed by atoms with Crippen LogP contribution in [0, 0.1) is 5.92 Å². The van der Waals surface area contributed by atoms with Gasteiger partial charge in [-0.1, -0.05) is 13.8 Å². The molecule has 1 N–H and O–H groups in total. The Labute approximate surface area is 166 Å². The van der Waals surface area contributed by atoms with Gasteiger partial charge in [-0.15, -0.1) is 0 Å². The molecular formula is C21H28N4O3. The molecule has 0 aliphatic carbocycles. The van der Waals surface area contributed by atoms with Crippen LogP contribution in [0.1, 0.15) is 41.8 Å². The van der Waals surface area contributed by atoms with Crippen LogP contribution in [0.3, 0.4) is 0 Å². The van der Waals surface area contributed by atoms with Gasteiger partial charge in [0.25, 0.3) is 5.91 Å². The molecule has 0 unspecified atom stereocenters. The fourth-order valence-corrected chi connectivity index (χ4v) is 3.23. The van der Waals surface area contributed by atoms with Gasteiger partial charge in [-0.3, -0.25) is 4.79 Å². The summed E-state index contributed by atoms with van der Waals surface area (Å²) < 4.78 is 10.8. The second-order valence-corrected chi connectivity index (χ2v) is 7.36. The van der Waals surface area contributed by atoms with Gasteiger partial charge in [0.1, 0.15) is 0 Å². The summed E-state index contributed by atoms with van der Waals surface area (Å²) in [5.74, 6) is 2.52. The molecule has 3 rings (SSSR count). The lowest BCUT2D eigenvalue weighted by Gasteiger charge is -2.29. The lowest BCUT2D eigenvalue weighted by Crippen LogP contribution is -2.32. The zero-order valence-electron chi connectivity index (χ0n) is 17.0. The Bertz CT molecular complexity index is 821. The van der Waals surface area contributed by atoms with E-state index in [-0.39, 0.29) is 5.91 Å². The fraction of sp³-hybridized carbons (Fsp3) is 0.476. The van der Waals surface area contributed by atoms with E-state index in [0.717, 1.165) is 30.9 Å². The number of rotatable bonds is 7. The third-order valence-corrected chi connectivity index (χ3v) is 4.91. The number of aromatic nitrogens is 2. The van der Waals surface area contributed by atoms with Gasteiger partial charge in [0.15, 0.2) is 11.5 Å². The Morgan fingerprint density at radius 1 is 1.14 bits per heavy atom. The van der Waals surface area contributed by atoms with Crippen LogP contribution < -0.4 is 19.7 Å². The highest BCUT2D eigenvalue weighted by Crippen LogP contribution is 2.33. The maximum absolute atomic E-state index is 12.2. The molecule has 0 fully saturated rings. The maximum atomic E-state index is 12.2. The summed E-state index contributed by atoms with van der Waals surface area (Å²) in [6.45, 7) is 6.42. The minimum atomic E-state index is -0.131. The minimum absolute atomic E-state index is 0.131. The second-order valence-electron chi connectivity index (χ2n) is 7.36. The summed E-state index contributed by atoms with van der Waals surface area (Å²) in [6, 6.07) is 4.05. The first kappa shape index (κ1) is 19.9. The number of amides is 1. The number of nitrogens with zero attached hydrogens (tertiary/aromatic N) is 3. The van der Waals surface area contributed by atoms with E-state index in [4.69, 9.17) is 9.47 Å². The summed E-state index contributed by atoms with van der Waals surface area (Å²) in [7, 11) is 3.28. The molecule has 0 atom stereocenters. The second kappa shape index (κ2) is 8.91. The average Bonchev–Trinajstić information content (AvgIpc) is 2.72. The molecular weight excluding hydrogens is 356 g/mol. The lowest BCUT2D eigenvalue weighted by molar-refractivity contribution is 0.0951. The molecule has 7 nitrogen and oxygen atoms in total. The molecule has 150 valence electrons. The Morgan fingerprint density at radius 2 is 1.79 bits per heavy atom. The Kier molecular flexibility index (Phi) is 6.34. The van der Waals surface area contributed by atoms with Gasteiger partial charge < -0.3 is 19.7 Å². The number of benzene rings is 1. The van der Waals surface area contributed by atoms with E-state index in [9.17, 15) is 4.79 Å². The van der Waals surface area contributed by atoms with Crippen LogP contribution >= 0.6 is 0 Å². The topological polar surface area (TPSA) is 76.6 Å². The number of carbonyl (C=O) groups is 1. The van der Waals surface area contributed by atoms with E-state index < -0.39 is 0 Å². The highest BCUT2D eigenvalue weighted by atomic mass is 16.5. The highest BCUT2D eigenvalue weighted by molar-refractivity contribution is 5.93. The Hall–Kier alpha value is -2.83. The number of methoxy groups -OCH3 is 2. The van der Waals surface area contributed by atoms with Crippen molar-refractivity contribution in [3.8, 4) is 11.5 Å². The summed E-state index contributed by atoms with van der Waals surface area (Å²) >= 11 is 0. The first-order chi connectivity index (χ1) is 13.5. The predicted molar refractivity (Wildman–Crippen MR) is 108 cm³/mol. The lowest BCUT2D eigenvalue weighted by atomic mass is 9.99. The fourth-order valence-electron chi connectivity index (χ4n) is 3.23. The molecule has 1 aromatic heterocycles. The molecule has 0 saturated heterocycles. The van der Waals surface area contributed by atoms with Crippen molar-refractivity contribution >= 4 is 11.9 Å². The van der Waals surface area contributed by atoms with Gasteiger partial charge in [0.2, 0.25) is 5.95 Å². The number of hydrogen-bond donors (Lipinski definition) is 1. The summed E-state index contributed by atoms with van der Waals surface area (Å²) in [5.41, 5.74) is 2.90. The van der Waals surface area contributed by atoms with E-state index in [1.54, 1.807) is 26.6 Å². The number of ether oxygens (including phenoxy) is 2. The van der Waals surface area contributed by atoms with E-state index in [1.165, 1.54) is 11.1 Å². The first-order valence-electron chi connectivity index (χ1n) is 9.60. The normalized spacial score (nSPS) is 13.2. The van der Waals surface area contributed by atoms with Crippen molar-refractivity contribution in [1.29, 1.82) is 0 Å². The van der Waals surface area contributed by atoms with Crippen molar-refractivity contribution in [3.63, 3.8) is 0 Å². The van der Waals surface area contributed by atoms with E-state index in [1.807, 2.05) is 12.1 Å². The molecule has 1 aliphatic rings. The van der Waals surface area contributed by atoms with Crippen molar-refractivity contribution in [2.45, 2.75) is 33.2 Å². The monoisotopic (exact) mass is 384 g/mol. The predicted octanol–water partition coefficient (Wildman–Crippen LogP) is 2.83. The van der Waals surface area contributed by atoms with Gasteiger partial charge >= 0.3 is 0 Å². The minimum Gasteiger partial charge on any atom is -0.493 e. The molecule has 0 radical (unpaired) electrons. The van der Waals surface area contributed by atoms with Crippen LogP contribution in [0.25, 0.3) is 0 Å². The highest BCUT2D eigenvalue weighted by Gasteiger charge is 2.21. The van der Waals surface area contributed by atoms with Crippen molar-refractivity contribution in [1.82, 2.24) is 15.3 Å². The number of nitrogens with one attached hydrogen (secondary N) is 1. The molecule has 1 amide bonds. The molecule has 0 spiro atoms. The van der Waals surface area contributed by atoms with E-state index >= 15 is 0 Å². The van der Waals surface area contributed by atoms with Gasteiger partial charge in [0.05, 0.1) is 19.8 Å². The van der Waals surface area contributed by atoms with Crippen LogP contribution in [-0.4, -0.2) is 43.2 Å². The quantitative estimate of drug-likeness (QED) is 0.791. The van der Waals surface area contributed by atoms with Crippen LogP contribution in [0.2, 0.25) is 0 Å². The SMILES string of the molecule is COc1cc2c(cc1OC)CN(c1ncc(C(=O)NCCC(C)C)cn1)CC2. The van der Waals surface area contributed by atoms with Crippen LogP contribution in [-0.2, 0) is 13.0 Å². The van der Waals surface area contributed by atoms with Crippen LogP contribution in [0.15, 0.2) is 24.5 Å². The molecule has 0 bridgehead atoms. The third-order valence-electron chi connectivity index (χ3n) is 4.91. The molecule has 7 heteroatoms. The van der Waals surface area contributed by atoms with Gasteiger partial charge in [-0.05, 0) is 42.0 Å². The zero-order chi connectivity index (χ0) is 20.1. The number of carbonyl (C=O) groups excluding carboxylic acids is 1. The molecule has 1 aliphatic heterocycles. The van der Waals surface area contributed by atoms with Crippen molar-refractivity contribution in [2.75, 3.05) is 32.2 Å². The summed E-state index contributed by atoms with van der Waals surface area (Å²) in [6.07, 6.45) is 5.01. The van der Waals surface area contributed by atoms with Gasteiger partial charge in [-0.25, -0.2) is 9.97 Å². The number of fused-ring (bicyclic) bond motifs is 1. The molecule has 1 aromatic carbocycles. The standard InChI is InChI=1S/C21H28N4O3/c1-14(2)5-7-22-20(26)17-11-23-21(24-12-17)25-8-6-15-9-18(27-3)19(28-4)10-16(15)13-25/h9-12,14H,5-8,13H2,1-4H3,(H,22,26). The molecule has 0 saturated carbocycles. The Balaban J connectivity index is 1.68. The third kappa shape index (κ3) is 4.52. The summed E-state index contributed by atoms with van der Waals surface area (Å²) in [5, 5.41) is 2.91. The molecule has 2 heterocycles. The van der Waals surface area contributed by atoms with Gasteiger partial charge in [0, 0.05) is 32.0 Å². The number of hydrogen-bond acceptors (Lipinski definition) is 6. The Morgan fingerprint density at radius 3 is 2.39 bits per heavy atom. The van der Waals surface area contributed by atoms with Crippen molar-refractivity contribution < 1.29 is 14.3 Å². The molecule has 2 aromatic rings. The van der Waals surface area contributed by atoms with Crippen LogP contribution in [0.4, 0.5) is 5.95 Å². The summed E-state index contributed by atoms with van der Waals surface area (Å²) in [4.78, 5) is 23.1. The largest absolute Gasteiger partial charge is 0.493 e. The smallest absolute Gasteiger partial charge is 0.254 e. The van der Waals surface area contributed by atoms with Gasteiger partial charge in [-0.2, -0.15) is 0 Å². The first-order valence-corrected chi connectivity index (χ1v) is 9.60. The van der Waals surface area contributed by atoms with E-state index in [2.05, 4.69) is 34.0 Å². The van der Waals surface area contributed by atoms with Crippen molar-refractivity contribution in [3.05, 3.63) is 41.2 Å². The van der Waals surface area contributed by atoms with E-state index in [0.29, 0.717) is 30.5 Å². The molecule has 28 heavy (non-hydrogen) atoms.